The Hall–Kier alpha value is -6.52. The molecule has 0 saturated carbocycles. The number of ether oxygens (including phenoxy) is 4. The minimum Gasteiger partial charge on any atom is -0.453 e. The van der Waals surface area contributed by atoms with E-state index in [0.717, 1.165) is 98.8 Å². The summed E-state index contributed by atoms with van der Waals surface area (Å²) in [6.45, 7) is 1.69. The fourth-order valence-corrected chi connectivity index (χ4v) is 8.00. The van der Waals surface area contributed by atoms with E-state index in [1.54, 1.807) is 19.1 Å². The number of fused-ring (bicyclic) bond motifs is 3. The highest BCUT2D eigenvalue weighted by Crippen LogP contribution is 2.34. The molecule has 1 aliphatic heterocycles. The third-order valence-electron chi connectivity index (χ3n) is 11.3. The molecule has 5 N–H and O–H groups in total. The number of imidazole rings is 2. The Bertz CT molecular complexity index is 2540. The van der Waals surface area contributed by atoms with Crippen LogP contribution in [0.2, 0.25) is 0 Å². The van der Waals surface area contributed by atoms with Crippen LogP contribution in [0.4, 0.5) is 9.59 Å². The first kappa shape index (κ1) is 43.6. The predicted molar refractivity (Wildman–Crippen MR) is 235 cm³/mol. The molecule has 62 heavy (non-hydrogen) atoms. The molecule has 0 bridgehead atoms. The van der Waals surface area contributed by atoms with Crippen LogP contribution in [0.3, 0.4) is 0 Å². The maximum absolute atomic E-state index is 13.7. The van der Waals surface area contributed by atoms with Gasteiger partial charge in [0.2, 0.25) is 11.8 Å². The Morgan fingerprint density at radius 1 is 0.710 bits per heavy atom. The van der Waals surface area contributed by atoms with E-state index in [4.69, 9.17) is 24.2 Å². The molecule has 326 valence electrons. The van der Waals surface area contributed by atoms with Crippen LogP contribution < -0.4 is 16.0 Å². The highest BCUT2D eigenvalue weighted by Gasteiger charge is 2.36. The van der Waals surface area contributed by atoms with Crippen molar-refractivity contribution in [2.75, 3.05) is 54.7 Å². The van der Waals surface area contributed by atoms with E-state index in [9.17, 15) is 19.2 Å². The smallest absolute Gasteiger partial charge is 0.407 e. The second-order valence-electron chi connectivity index (χ2n) is 15.4. The molecule has 1 unspecified atom stereocenters. The van der Waals surface area contributed by atoms with E-state index < -0.39 is 24.3 Å². The summed E-state index contributed by atoms with van der Waals surface area (Å²) in [4.78, 5) is 68.4. The average molecular weight is 847 g/mol. The molecular weight excluding hydrogens is 793 g/mol. The number of aryl methyl sites for hydroxylation is 1. The Morgan fingerprint density at radius 2 is 1.27 bits per heavy atom. The van der Waals surface area contributed by atoms with Crippen molar-refractivity contribution in [3.05, 3.63) is 84.4 Å². The molecular formula is C46H54N8O8. The van der Waals surface area contributed by atoms with Gasteiger partial charge in [0, 0.05) is 59.8 Å². The summed E-state index contributed by atoms with van der Waals surface area (Å²) in [6, 6.07) is 23.7. The van der Waals surface area contributed by atoms with Crippen LogP contribution in [-0.4, -0.2) is 116 Å². The van der Waals surface area contributed by atoms with Crippen molar-refractivity contribution in [1.29, 1.82) is 0 Å². The van der Waals surface area contributed by atoms with E-state index in [-0.39, 0.29) is 17.9 Å². The molecule has 1 fully saturated rings. The lowest BCUT2D eigenvalue weighted by molar-refractivity contribution is -0.135. The number of methoxy groups -OCH3 is 4. The van der Waals surface area contributed by atoms with Crippen molar-refractivity contribution in [2.24, 2.45) is 0 Å². The van der Waals surface area contributed by atoms with E-state index >= 15 is 0 Å². The molecule has 0 spiro atoms. The van der Waals surface area contributed by atoms with Crippen molar-refractivity contribution in [3.63, 3.8) is 0 Å². The van der Waals surface area contributed by atoms with E-state index in [0.29, 0.717) is 39.1 Å². The molecule has 4 amide bonds. The van der Waals surface area contributed by atoms with Crippen molar-refractivity contribution in [2.45, 2.75) is 63.1 Å². The second-order valence-corrected chi connectivity index (χ2v) is 15.4. The number of nitrogens with zero attached hydrogens (tertiary/aromatic N) is 3. The number of carbonyl (C=O) groups is 4. The number of carbonyl (C=O) groups excluding carboxylic acids is 4. The summed E-state index contributed by atoms with van der Waals surface area (Å²) in [5.41, 5.74) is 7.86. The summed E-state index contributed by atoms with van der Waals surface area (Å²) in [7, 11) is 5.64. The van der Waals surface area contributed by atoms with Crippen LogP contribution in [-0.2, 0) is 35.0 Å². The molecule has 2 aromatic heterocycles. The fourth-order valence-electron chi connectivity index (χ4n) is 8.00. The van der Waals surface area contributed by atoms with Gasteiger partial charge in [-0.3, -0.25) is 9.59 Å². The third-order valence-corrected chi connectivity index (χ3v) is 11.3. The number of aromatic nitrogens is 4. The zero-order valence-electron chi connectivity index (χ0n) is 35.5. The van der Waals surface area contributed by atoms with Gasteiger partial charge in [-0.2, -0.15) is 0 Å². The number of alkyl carbamates (subject to hydrolysis) is 2. The van der Waals surface area contributed by atoms with Gasteiger partial charge in [-0.1, -0.05) is 36.4 Å². The highest BCUT2D eigenvalue weighted by atomic mass is 16.5. The fraction of sp³-hybridized carbons (Fsp3) is 0.391. The van der Waals surface area contributed by atoms with Crippen molar-refractivity contribution < 1.29 is 38.1 Å². The number of unbranched alkanes of at least 4 members (excludes halogenated alkanes) is 1. The van der Waals surface area contributed by atoms with Crippen molar-refractivity contribution in [3.8, 4) is 22.3 Å². The topological polar surface area (TPSA) is 202 Å². The quantitative estimate of drug-likeness (QED) is 0.0591. The van der Waals surface area contributed by atoms with Gasteiger partial charge in [-0.05, 0) is 95.1 Å². The van der Waals surface area contributed by atoms with Crippen LogP contribution in [0.1, 0.15) is 56.2 Å². The van der Waals surface area contributed by atoms with Gasteiger partial charge in [0.05, 0.1) is 42.3 Å². The van der Waals surface area contributed by atoms with Crippen molar-refractivity contribution >= 4 is 56.8 Å². The number of hydrogen-bond acceptors (Lipinski definition) is 10. The summed E-state index contributed by atoms with van der Waals surface area (Å²) < 4.78 is 19.7. The molecule has 3 atom stereocenters. The number of amides is 4. The van der Waals surface area contributed by atoms with Gasteiger partial charge < -0.3 is 49.8 Å². The van der Waals surface area contributed by atoms with Crippen LogP contribution in [0.15, 0.2) is 72.8 Å². The molecule has 3 heterocycles. The van der Waals surface area contributed by atoms with E-state index in [1.165, 1.54) is 14.2 Å². The minimum absolute atomic E-state index is 0.183. The largest absolute Gasteiger partial charge is 0.453 e. The Kier molecular flexibility index (Phi) is 14.3. The maximum Gasteiger partial charge on any atom is 0.407 e. The van der Waals surface area contributed by atoms with Gasteiger partial charge in [0.1, 0.15) is 23.7 Å². The number of likely N-dealkylation sites (tertiary alicyclic amines) is 1. The number of benzene rings is 4. The highest BCUT2D eigenvalue weighted by molar-refractivity contribution is 5.93. The SMILES string of the molecule is COCCC(NC(=O)OC)C(=O)N1CCC[C@H]1c1nc2ccc(-c3ccc4cc(-c5ccc6nc(CCCCNC(=O)[C@H](CCOC)NC(=O)OC)[nH]c6c5)ccc4c3)cc2[nH]1. The van der Waals surface area contributed by atoms with Crippen molar-refractivity contribution in [1.82, 2.24) is 40.8 Å². The lowest BCUT2D eigenvalue weighted by atomic mass is 9.97. The van der Waals surface area contributed by atoms with E-state index in [2.05, 4.69) is 91.3 Å². The molecule has 1 saturated heterocycles. The summed E-state index contributed by atoms with van der Waals surface area (Å²) in [5, 5.41) is 10.3. The molecule has 0 aliphatic carbocycles. The van der Waals surface area contributed by atoms with Gasteiger partial charge >= 0.3 is 12.2 Å². The zero-order valence-corrected chi connectivity index (χ0v) is 35.5. The predicted octanol–water partition coefficient (Wildman–Crippen LogP) is 6.55. The number of H-pyrrole nitrogens is 2. The first-order chi connectivity index (χ1) is 30.2. The third kappa shape index (κ3) is 10.3. The number of hydrogen-bond donors (Lipinski definition) is 5. The normalized spacial score (nSPS) is 14.8. The lowest BCUT2D eigenvalue weighted by Crippen LogP contribution is -2.49. The number of aromatic amines is 2. The lowest BCUT2D eigenvalue weighted by Gasteiger charge is -2.28. The van der Waals surface area contributed by atoms with Crippen LogP contribution in [0, 0.1) is 0 Å². The van der Waals surface area contributed by atoms with Crippen LogP contribution in [0.5, 0.6) is 0 Å². The maximum atomic E-state index is 13.7. The standard InChI is InChI=1S/C46H54N8O8/c1-59-22-18-36(52-45(57)61-3)43(55)47-20-6-5-9-41-48-34-16-14-32(26-38(34)49-41)30-12-10-29-25-31(13-11-28(29)24-30)33-15-17-35-39(27-33)51-42(50-35)40-8-7-21-54(40)44(56)37(19-23-60-2)53-46(58)62-4/h10-17,24-27,36-37,40H,5-9,18-23H2,1-4H3,(H,47,55)(H,48,49)(H,50,51)(H,52,57)(H,53,58)/t36-,37?,40-/m0/s1. The van der Waals surface area contributed by atoms with Gasteiger partial charge in [-0.25, -0.2) is 19.6 Å². The van der Waals surface area contributed by atoms with Gasteiger partial charge in [0.15, 0.2) is 0 Å². The molecule has 1 aliphatic rings. The van der Waals surface area contributed by atoms with Gasteiger partial charge in [0.25, 0.3) is 0 Å². The van der Waals surface area contributed by atoms with Crippen LogP contribution >= 0.6 is 0 Å². The minimum atomic E-state index is -0.763. The van der Waals surface area contributed by atoms with Crippen LogP contribution in [0.25, 0.3) is 55.1 Å². The summed E-state index contributed by atoms with van der Waals surface area (Å²) in [6.07, 6.45) is 3.25. The first-order valence-corrected chi connectivity index (χ1v) is 21.0. The first-order valence-electron chi connectivity index (χ1n) is 21.0. The Labute approximate surface area is 359 Å². The van der Waals surface area contributed by atoms with Gasteiger partial charge in [-0.15, -0.1) is 0 Å². The summed E-state index contributed by atoms with van der Waals surface area (Å²) in [5.74, 6) is 1.15. The molecule has 16 nitrogen and oxygen atoms in total. The molecule has 6 aromatic rings. The Morgan fingerprint density at radius 3 is 1.90 bits per heavy atom. The summed E-state index contributed by atoms with van der Waals surface area (Å²) >= 11 is 0. The molecule has 16 heteroatoms. The average Bonchev–Trinajstić information content (AvgIpc) is 4.06. The molecule has 0 radical (unpaired) electrons. The molecule has 4 aromatic carbocycles. The number of rotatable bonds is 18. The molecule has 7 rings (SSSR count). The zero-order chi connectivity index (χ0) is 43.6. The number of nitrogens with one attached hydrogen (secondary N) is 5. The Balaban J connectivity index is 0.980. The second kappa shape index (κ2) is 20.4. The van der Waals surface area contributed by atoms with E-state index in [1.807, 2.05) is 12.1 Å². The monoisotopic (exact) mass is 846 g/mol.